The van der Waals surface area contributed by atoms with Crippen LogP contribution in [0.5, 0.6) is 0 Å². The van der Waals surface area contributed by atoms with Crippen LogP contribution in [0, 0.1) is 13.8 Å². The van der Waals surface area contributed by atoms with Gasteiger partial charge in [0.15, 0.2) is 0 Å². The highest BCUT2D eigenvalue weighted by molar-refractivity contribution is 5.77. The first-order valence-electron chi connectivity index (χ1n) is 12.4. The average Bonchev–Trinajstić information content (AvgIpc) is 3.11. The monoisotopic (exact) mass is 448 g/mol. The molecular weight excluding hydrogens is 416 g/mol. The molecule has 1 aromatic heterocycles. The fourth-order valence-electron chi connectivity index (χ4n) is 5.29. The number of hydrogen-bond acceptors (Lipinski definition) is 3. The average molecular weight is 449 g/mol. The number of aryl methyl sites for hydroxylation is 4. The zero-order valence-corrected chi connectivity index (χ0v) is 20.1. The van der Waals surface area contributed by atoms with Gasteiger partial charge in [-0.25, -0.2) is 4.98 Å². The molecule has 172 valence electrons. The lowest BCUT2D eigenvalue weighted by Gasteiger charge is -2.23. The fourth-order valence-corrected chi connectivity index (χ4v) is 5.29. The molecule has 2 aliphatic rings. The topological polar surface area (TPSA) is 33.1 Å². The molecule has 0 unspecified atom stereocenters. The zero-order valence-electron chi connectivity index (χ0n) is 20.1. The van der Waals surface area contributed by atoms with Crippen LogP contribution in [0.25, 0.3) is 11.0 Å². The van der Waals surface area contributed by atoms with Crippen molar-refractivity contribution in [2.24, 2.45) is 0 Å². The number of nitrogens with one attached hydrogen (secondary N) is 1. The van der Waals surface area contributed by atoms with Gasteiger partial charge < -0.3 is 9.88 Å². The van der Waals surface area contributed by atoms with E-state index in [1.165, 1.54) is 50.3 Å². The lowest BCUT2D eigenvalue weighted by Crippen LogP contribution is -2.26. The van der Waals surface area contributed by atoms with E-state index < -0.39 is 0 Å². The van der Waals surface area contributed by atoms with E-state index in [1.54, 1.807) is 0 Å². The molecule has 34 heavy (non-hydrogen) atoms. The van der Waals surface area contributed by atoms with Gasteiger partial charge in [-0.1, -0.05) is 36.4 Å². The number of fused-ring (bicyclic) bond motifs is 3. The van der Waals surface area contributed by atoms with E-state index >= 15 is 0 Å². The predicted octanol–water partition coefficient (Wildman–Crippen LogP) is 6.31. The number of hydrogen-bond donors (Lipinski definition) is 1. The standard InChI is InChI=1S/C30H32N4/c1-21-14-29-30(15-22(21)2)34(20-31-29)19-24-7-11-28-26(17-24)9-8-25-16-23(6-10-27(25)32-28)18-33-12-4-3-5-13-33/h3-4,6-7,10-11,14-17,20,32H,5,8-9,12-13,18-19H2,1-2H3. The minimum absolute atomic E-state index is 0.841. The molecule has 0 radical (unpaired) electrons. The molecular formula is C30H32N4. The van der Waals surface area contributed by atoms with Crippen molar-refractivity contribution in [3.8, 4) is 0 Å². The number of rotatable bonds is 4. The maximum Gasteiger partial charge on any atom is 0.0961 e. The van der Waals surface area contributed by atoms with Gasteiger partial charge in [-0.2, -0.15) is 0 Å². The van der Waals surface area contributed by atoms with Gasteiger partial charge in [-0.05, 0) is 90.8 Å². The molecule has 0 bridgehead atoms. The van der Waals surface area contributed by atoms with E-state index in [1.807, 2.05) is 6.33 Å². The molecule has 6 rings (SSSR count). The summed E-state index contributed by atoms with van der Waals surface area (Å²) in [5.41, 5.74) is 12.9. The molecule has 3 aromatic carbocycles. The van der Waals surface area contributed by atoms with E-state index in [9.17, 15) is 0 Å². The van der Waals surface area contributed by atoms with Crippen LogP contribution in [0.15, 0.2) is 67.0 Å². The Balaban J connectivity index is 1.21. The maximum absolute atomic E-state index is 4.64. The van der Waals surface area contributed by atoms with Crippen molar-refractivity contribution in [2.75, 3.05) is 18.4 Å². The normalized spacial score (nSPS) is 15.6. The molecule has 0 amide bonds. The van der Waals surface area contributed by atoms with Crippen LogP contribution >= 0.6 is 0 Å². The number of anilines is 2. The third-order valence-corrected chi connectivity index (χ3v) is 7.41. The number of benzene rings is 3. The molecule has 4 heteroatoms. The SMILES string of the molecule is Cc1cc2ncn(Cc3ccc4c(c3)CCc3cc(CN5CC=CCC5)ccc3N4)c2cc1C. The number of aromatic nitrogens is 2. The van der Waals surface area contributed by atoms with E-state index in [-0.39, 0.29) is 0 Å². The summed E-state index contributed by atoms with van der Waals surface area (Å²) in [6, 6.07) is 18.3. The van der Waals surface area contributed by atoms with Gasteiger partial charge >= 0.3 is 0 Å². The van der Waals surface area contributed by atoms with Gasteiger partial charge in [0.25, 0.3) is 0 Å². The first kappa shape index (κ1) is 21.2. The molecule has 2 aliphatic heterocycles. The highest BCUT2D eigenvalue weighted by atomic mass is 15.1. The van der Waals surface area contributed by atoms with Crippen molar-refractivity contribution in [3.05, 3.63) is 100 Å². The van der Waals surface area contributed by atoms with E-state index in [2.05, 4.69) is 94.3 Å². The quantitative estimate of drug-likeness (QED) is 0.372. The van der Waals surface area contributed by atoms with Crippen LogP contribution in [0.1, 0.15) is 39.8 Å². The Kier molecular flexibility index (Phi) is 5.46. The second-order valence-electron chi connectivity index (χ2n) is 9.90. The third kappa shape index (κ3) is 4.14. The second kappa shape index (κ2) is 8.77. The van der Waals surface area contributed by atoms with Crippen LogP contribution in [0.4, 0.5) is 11.4 Å². The van der Waals surface area contributed by atoms with E-state index in [0.717, 1.165) is 51.0 Å². The summed E-state index contributed by atoms with van der Waals surface area (Å²) in [6.45, 7) is 8.42. The van der Waals surface area contributed by atoms with Crippen molar-refractivity contribution in [3.63, 3.8) is 0 Å². The van der Waals surface area contributed by atoms with E-state index in [0.29, 0.717) is 0 Å². The Morgan fingerprint density at radius 2 is 1.53 bits per heavy atom. The Labute approximate surface area is 201 Å². The molecule has 1 N–H and O–H groups in total. The minimum atomic E-state index is 0.841. The Bertz CT molecular complexity index is 1390. The van der Waals surface area contributed by atoms with E-state index in [4.69, 9.17) is 0 Å². The molecule has 4 nitrogen and oxygen atoms in total. The van der Waals surface area contributed by atoms with Gasteiger partial charge in [-0.3, -0.25) is 4.90 Å². The van der Waals surface area contributed by atoms with Crippen LogP contribution in [0.3, 0.4) is 0 Å². The largest absolute Gasteiger partial charge is 0.355 e. The molecule has 4 aromatic rings. The summed E-state index contributed by atoms with van der Waals surface area (Å²) in [4.78, 5) is 7.16. The van der Waals surface area contributed by atoms with Crippen LogP contribution in [0.2, 0.25) is 0 Å². The van der Waals surface area contributed by atoms with Crippen LogP contribution in [-0.2, 0) is 25.9 Å². The molecule has 0 spiro atoms. The number of imidazole rings is 1. The van der Waals surface area contributed by atoms with Crippen molar-refractivity contribution in [1.29, 1.82) is 0 Å². The van der Waals surface area contributed by atoms with Gasteiger partial charge in [0, 0.05) is 37.6 Å². The summed E-state index contributed by atoms with van der Waals surface area (Å²) in [6.07, 6.45) is 9.85. The van der Waals surface area contributed by atoms with Crippen molar-refractivity contribution >= 4 is 22.4 Å². The Hall–Kier alpha value is -3.37. The zero-order chi connectivity index (χ0) is 23.1. The maximum atomic E-state index is 4.64. The third-order valence-electron chi connectivity index (χ3n) is 7.41. The van der Waals surface area contributed by atoms with Gasteiger partial charge in [-0.15, -0.1) is 0 Å². The highest BCUT2D eigenvalue weighted by Gasteiger charge is 2.15. The van der Waals surface area contributed by atoms with Gasteiger partial charge in [0.2, 0.25) is 0 Å². The summed E-state index contributed by atoms with van der Waals surface area (Å²) in [5, 5.41) is 3.72. The first-order chi connectivity index (χ1) is 16.6. The first-order valence-corrected chi connectivity index (χ1v) is 12.4. The predicted molar refractivity (Wildman–Crippen MR) is 141 cm³/mol. The highest BCUT2D eigenvalue weighted by Crippen LogP contribution is 2.32. The lowest BCUT2D eigenvalue weighted by molar-refractivity contribution is 0.290. The molecule has 0 aliphatic carbocycles. The smallest absolute Gasteiger partial charge is 0.0961 e. The van der Waals surface area contributed by atoms with Crippen molar-refractivity contribution < 1.29 is 0 Å². The van der Waals surface area contributed by atoms with Gasteiger partial charge in [0.05, 0.1) is 17.4 Å². The summed E-state index contributed by atoms with van der Waals surface area (Å²) >= 11 is 0. The number of nitrogens with zero attached hydrogens (tertiary/aromatic N) is 3. The molecule has 3 heterocycles. The van der Waals surface area contributed by atoms with Gasteiger partial charge in [0.1, 0.15) is 0 Å². The molecule has 0 saturated carbocycles. The van der Waals surface area contributed by atoms with Crippen molar-refractivity contribution in [1.82, 2.24) is 14.5 Å². The van der Waals surface area contributed by atoms with Crippen LogP contribution in [-0.4, -0.2) is 27.5 Å². The summed E-state index contributed by atoms with van der Waals surface area (Å²) in [7, 11) is 0. The molecule has 0 atom stereocenters. The van der Waals surface area contributed by atoms with Crippen LogP contribution < -0.4 is 5.32 Å². The molecule has 0 saturated heterocycles. The Morgan fingerprint density at radius 3 is 2.24 bits per heavy atom. The second-order valence-corrected chi connectivity index (χ2v) is 9.90. The minimum Gasteiger partial charge on any atom is -0.355 e. The fraction of sp³-hybridized carbons (Fsp3) is 0.300. The Morgan fingerprint density at radius 1 is 0.824 bits per heavy atom. The lowest BCUT2D eigenvalue weighted by atomic mass is 10.0. The summed E-state index contributed by atoms with van der Waals surface area (Å²) < 4.78 is 2.27. The summed E-state index contributed by atoms with van der Waals surface area (Å²) in [5.74, 6) is 0. The van der Waals surface area contributed by atoms with Crippen molar-refractivity contribution in [2.45, 2.75) is 46.2 Å². The molecule has 0 fully saturated rings.